The minimum absolute atomic E-state index is 0.0611. The van der Waals surface area contributed by atoms with Crippen LogP contribution in [0.3, 0.4) is 0 Å². The van der Waals surface area contributed by atoms with Crippen molar-refractivity contribution in [2.75, 3.05) is 13.1 Å². The number of likely N-dealkylation sites (tertiary alicyclic amines) is 1. The van der Waals surface area contributed by atoms with Crippen molar-refractivity contribution >= 4 is 18.2 Å². The molecule has 2 fully saturated rings. The molecule has 3 atom stereocenters. The number of hydrogen-bond donors (Lipinski definition) is 2. The quantitative estimate of drug-likeness (QED) is 0.291. The zero-order valence-corrected chi connectivity index (χ0v) is 17.6. The van der Waals surface area contributed by atoms with Gasteiger partial charge in [-0.05, 0) is 36.8 Å². The Balaban J connectivity index is 1.81. The first kappa shape index (κ1) is 22.9. The number of amides is 3. The first-order chi connectivity index (χ1) is 14.8. The van der Waals surface area contributed by atoms with Gasteiger partial charge in [-0.25, -0.2) is 9.45 Å². The summed E-state index contributed by atoms with van der Waals surface area (Å²) >= 11 is 0. The molecule has 1 aromatic rings. The minimum Gasteiger partial charge on any atom is -0.427 e. The number of hydroxylamine groups is 2. The van der Waals surface area contributed by atoms with Crippen molar-refractivity contribution in [3.05, 3.63) is 29.6 Å². The lowest BCUT2D eigenvalue weighted by Crippen LogP contribution is -2.46. The van der Waals surface area contributed by atoms with Gasteiger partial charge in [0.25, 0.3) is 5.91 Å². The van der Waals surface area contributed by atoms with E-state index in [0.717, 1.165) is 37.9 Å². The number of halogens is 1. The van der Waals surface area contributed by atoms with E-state index in [1.165, 1.54) is 11.0 Å². The maximum atomic E-state index is 13.4. The predicted molar refractivity (Wildman–Crippen MR) is 106 cm³/mol. The van der Waals surface area contributed by atoms with Crippen molar-refractivity contribution in [2.24, 2.45) is 22.7 Å². The molecule has 1 saturated heterocycles. The van der Waals surface area contributed by atoms with Crippen LogP contribution < -0.4 is 5.49 Å². The number of aromatic nitrogens is 1. The highest BCUT2D eigenvalue weighted by molar-refractivity contribution is 5.89. The molecule has 1 aliphatic carbocycles. The van der Waals surface area contributed by atoms with Crippen LogP contribution in [-0.4, -0.2) is 62.5 Å². The van der Waals surface area contributed by atoms with Crippen LogP contribution in [0.1, 0.15) is 45.4 Å². The molecule has 0 radical (unpaired) electrons. The molecule has 1 saturated carbocycles. The normalized spacial score (nSPS) is 23.2. The molecule has 0 unspecified atom stereocenters. The Hall–Kier alpha value is -2.75. The lowest BCUT2D eigenvalue weighted by molar-refractivity contribution is -0.158. The lowest BCUT2D eigenvalue weighted by Gasteiger charge is -2.29. The molecule has 9 nitrogen and oxygen atoms in total. The fourth-order valence-electron chi connectivity index (χ4n) is 4.66. The molecular weight excluding hydrogens is 407 g/mol. The number of hydrogen-bond acceptors (Lipinski definition) is 5. The van der Waals surface area contributed by atoms with Gasteiger partial charge in [0.15, 0.2) is 5.49 Å². The standard InChI is InChI=1S/C21H29FN4O5/c1-14-8-18(20(28)23-19-7-6-17(22)12-26(19)31)25(10-14)21(29)16(11-24(30)13-27)9-15-4-2-3-5-15/h6-7,12-16,18,30-31H,2-5,8-11H2,1H3/t14-,16+,18-/m0/s1. The summed E-state index contributed by atoms with van der Waals surface area (Å²) < 4.78 is 13.6. The highest BCUT2D eigenvalue weighted by atomic mass is 19.1. The van der Waals surface area contributed by atoms with Gasteiger partial charge in [-0.15, -0.1) is 0 Å². The van der Waals surface area contributed by atoms with Gasteiger partial charge in [-0.2, -0.15) is 9.72 Å². The van der Waals surface area contributed by atoms with E-state index >= 15 is 0 Å². The molecular formula is C21H29FN4O5. The van der Waals surface area contributed by atoms with Gasteiger partial charge in [0.2, 0.25) is 12.3 Å². The van der Waals surface area contributed by atoms with Crippen molar-refractivity contribution in [2.45, 2.75) is 51.5 Å². The Morgan fingerprint density at radius 3 is 2.71 bits per heavy atom. The second-order valence-corrected chi connectivity index (χ2v) is 8.66. The SMILES string of the molecule is C[C@H]1C[C@@H](C(=O)N=c2ccc(F)cn2O)N(C(=O)[C@H](CC2CCCC2)CN(O)C=O)C1. The maximum Gasteiger partial charge on any atom is 0.270 e. The molecule has 0 bridgehead atoms. The Labute approximate surface area is 179 Å². The second-order valence-electron chi connectivity index (χ2n) is 8.66. The highest BCUT2D eigenvalue weighted by Gasteiger charge is 2.41. The van der Waals surface area contributed by atoms with E-state index in [2.05, 4.69) is 4.99 Å². The minimum atomic E-state index is -0.818. The summed E-state index contributed by atoms with van der Waals surface area (Å²) in [6, 6.07) is 1.43. The third kappa shape index (κ3) is 5.69. The van der Waals surface area contributed by atoms with E-state index in [0.29, 0.717) is 35.1 Å². The van der Waals surface area contributed by atoms with Gasteiger partial charge >= 0.3 is 0 Å². The summed E-state index contributed by atoms with van der Waals surface area (Å²) in [5.74, 6) is -1.79. The summed E-state index contributed by atoms with van der Waals surface area (Å²) in [6.07, 6.45) is 6.22. The number of carbonyl (C=O) groups is 3. The summed E-state index contributed by atoms with van der Waals surface area (Å²) in [6.45, 7) is 2.16. The molecule has 2 aliphatic rings. The summed E-state index contributed by atoms with van der Waals surface area (Å²) in [7, 11) is 0. The maximum absolute atomic E-state index is 13.4. The summed E-state index contributed by atoms with van der Waals surface area (Å²) in [5.41, 5.74) is -0.136. The summed E-state index contributed by atoms with van der Waals surface area (Å²) in [5, 5.41) is 20.0. The van der Waals surface area contributed by atoms with Crippen molar-refractivity contribution in [3.8, 4) is 0 Å². The van der Waals surface area contributed by atoms with Gasteiger partial charge < -0.3 is 10.1 Å². The van der Waals surface area contributed by atoms with E-state index < -0.39 is 23.7 Å². The zero-order chi connectivity index (χ0) is 22.5. The van der Waals surface area contributed by atoms with Gasteiger partial charge in [-0.3, -0.25) is 19.6 Å². The summed E-state index contributed by atoms with van der Waals surface area (Å²) in [4.78, 5) is 42.5. The largest absolute Gasteiger partial charge is 0.427 e. The molecule has 31 heavy (non-hydrogen) atoms. The fraction of sp³-hybridized carbons (Fsp3) is 0.619. The average molecular weight is 436 g/mol. The second kappa shape index (κ2) is 10.0. The zero-order valence-electron chi connectivity index (χ0n) is 17.6. The molecule has 2 N–H and O–H groups in total. The fourth-order valence-corrected chi connectivity index (χ4v) is 4.66. The van der Waals surface area contributed by atoms with Crippen LogP contribution >= 0.6 is 0 Å². The van der Waals surface area contributed by atoms with Crippen molar-refractivity contribution in [1.29, 1.82) is 0 Å². The predicted octanol–water partition coefficient (Wildman–Crippen LogP) is 1.57. The first-order valence-corrected chi connectivity index (χ1v) is 10.7. The molecule has 10 heteroatoms. The Morgan fingerprint density at radius 1 is 1.35 bits per heavy atom. The van der Waals surface area contributed by atoms with Crippen LogP contribution in [0.5, 0.6) is 0 Å². The number of rotatable bonds is 7. The first-order valence-electron chi connectivity index (χ1n) is 10.7. The van der Waals surface area contributed by atoms with Crippen LogP contribution in [0.4, 0.5) is 4.39 Å². The number of carbonyl (C=O) groups excluding carboxylic acids is 3. The van der Waals surface area contributed by atoms with Crippen molar-refractivity contribution in [1.82, 2.24) is 14.7 Å². The third-order valence-corrected chi connectivity index (χ3v) is 6.15. The number of pyridine rings is 1. The van der Waals surface area contributed by atoms with Crippen LogP contribution in [-0.2, 0) is 14.4 Å². The average Bonchev–Trinajstić information content (AvgIpc) is 3.38. The van der Waals surface area contributed by atoms with Crippen LogP contribution in [0.25, 0.3) is 0 Å². The smallest absolute Gasteiger partial charge is 0.270 e. The van der Waals surface area contributed by atoms with E-state index in [1.54, 1.807) is 0 Å². The monoisotopic (exact) mass is 436 g/mol. The topological polar surface area (TPSA) is 115 Å². The van der Waals surface area contributed by atoms with Gasteiger partial charge in [0.1, 0.15) is 11.9 Å². The molecule has 1 aliphatic heterocycles. The Bertz CT molecular complexity index is 883. The van der Waals surface area contributed by atoms with E-state index in [4.69, 9.17) is 0 Å². The highest BCUT2D eigenvalue weighted by Crippen LogP contribution is 2.33. The van der Waals surface area contributed by atoms with E-state index in [1.807, 2.05) is 6.92 Å². The van der Waals surface area contributed by atoms with E-state index in [-0.39, 0.29) is 30.3 Å². The van der Waals surface area contributed by atoms with Crippen LogP contribution in [0.2, 0.25) is 0 Å². The van der Waals surface area contributed by atoms with Gasteiger partial charge in [0.05, 0.1) is 18.7 Å². The van der Waals surface area contributed by atoms with Crippen LogP contribution in [0, 0.1) is 23.6 Å². The molecule has 3 rings (SSSR count). The lowest BCUT2D eigenvalue weighted by atomic mass is 9.91. The molecule has 0 aromatic carbocycles. The molecule has 0 spiro atoms. The van der Waals surface area contributed by atoms with Gasteiger partial charge in [0, 0.05) is 6.54 Å². The Morgan fingerprint density at radius 2 is 2.06 bits per heavy atom. The third-order valence-electron chi connectivity index (χ3n) is 6.15. The molecule has 170 valence electrons. The van der Waals surface area contributed by atoms with Gasteiger partial charge in [-0.1, -0.05) is 32.6 Å². The molecule has 2 heterocycles. The van der Waals surface area contributed by atoms with Crippen molar-refractivity contribution in [3.63, 3.8) is 0 Å². The molecule has 3 amide bonds. The Kier molecular flexibility index (Phi) is 7.42. The number of nitrogens with zero attached hydrogens (tertiary/aromatic N) is 4. The van der Waals surface area contributed by atoms with Crippen LogP contribution in [0.15, 0.2) is 23.3 Å². The van der Waals surface area contributed by atoms with E-state index in [9.17, 15) is 29.2 Å². The van der Waals surface area contributed by atoms with Crippen molar-refractivity contribution < 1.29 is 29.2 Å². The molecule has 1 aromatic heterocycles.